The molecule has 4 N–H and O–H groups in total. The normalized spacial score (nSPS) is 17.2. The van der Waals surface area contributed by atoms with Crippen LogP contribution >= 0.6 is 0 Å². The van der Waals surface area contributed by atoms with E-state index in [9.17, 15) is 4.79 Å². The molecule has 4 rings (SSSR count). The highest BCUT2D eigenvalue weighted by atomic mass is 16.5. The zero-order valence-corrected chi connectivity index (χ0v) is 15.3. The van der Waals surface area contributed by atoms with Crippen LogP contribution in [0.2, 0.25) is 0 Å². The Morgan fingerprint density at radius 3 is 2.86 bits per heavy atom. The number of benzene rings is 1. The number of aryl methyl sites for hydroxylation is 1. The first kappa shape index (κ1) is 17.9. The summed E-state index contributed by atoms with van der Waals surface area (Å²) in [5.41, 5.74) is 8.11. The third-order valence-corrected chi connectivity index (χ3v) is 4.76. The highest BCUT2D eigenvalue weighted by Gasteiger charge is 2.20. The molecular weight excluding hydrogens is 360 g/mol. The largest absolute Gasteiger partial charge is 0.409 e. The van der Waals surface area contributed by atoms with Gasteiger partial charge in [-0.2, -0.15) is 0 Å². The molecule has 9 nitrogen and oxygen atoms in total. The second kappa shape index (κ2) is 7.28. The van der Waals surface area contributed by atoms with Gasteiger partial charge >= 0.3 is 0 Å². The fourth-order valence-corrected chi connectivity index (χ4v) is 3.19. The van der Waals surface area contributed by atoms with Crippen molar-refractivity contribution >= 4 is 22.6 Å². The monoisotopic (exact) mass is 380 g/mol. The first-order chi connectivity index (χ1) is 13.6. The van der Waals surface area contributed by atoms with E-state index in [2.05, 4.69) is 15.5 Å². The Balaban J connectivity index is 1.83. The molecule has 3 aromatic rings. The van der Waals surface area contributed by atoms with Crippen molar-refractivity contribution in [1.29, 1.82) is 0 Å². The molecule has 0 saturated carbocycles. The SMILES string of the molecule is Cn1cnc2cc(-c3ccc(C(N)=NO)cc3)nc(NC3CCOC3)c2c1=O. The number of nitrogens with two attached hydrogens (primary N) is 1. The molecule has 1 aliphatic rings. The van der Waals surface area contributed by atoms with Crippen molar-refractivity contribution in [2.45, 2.75) is 12.5 Å². The topological polar surface area (TPSA) is 128 Å². The molecule has 144 valence electrons. The average molecular weight is 380 g/mol. The van der Waals surface area contributed by atoms with Crippen LogP contribution in [0.4, 0.5) is 5.82 Å². The summed E-state index contributed by atoms with van der Waals surface area (Å²) in [6, 6.07) is 9.01. The quantitative estimate of drug-likeness (QED) is 0.269. The molecule has 0 radical (unpaired) electrons. The van der Waals surface area contributed by atoms with Crippen LogP contribution < -0.4 is 16.6 Å². The predicted octanol–water partition coefficient (Wildman–Crippen LogP) is 1.29. The third-order valence-electron chi connectivity index (χ3n) is 4.76. The van der Waals surface area contributed by atoms with E-state index in [1.807, 2.05) is 12.1 Å². The summed E-state index contributed by atoms with van der Waals surface area (Å²) >= 11 is 0. The molecule has 28 heavy (non-hydrogen) atoms. The van der Waals surface area contributed by atoms with Crippen LogP contribution in [0.3, 0.4) is 0 Å². The lowest BCUT2D eigenvalue weighted by Gasteiger charge is -2.15. The molecule has 0 amide bonds. The van der Waals surface area contributed by atoms with Gasteiger partial charge in [0.25, 0.3) is 5.56 Å². The van der Waals surface area contributed by atoms with Gasteiger partial charge in [0.15, 0.2) is 5.84 Å². The van der Waals surface area contributed by atoms with Crippen LogP contribution in [0.1, 0.15) is 12.0 Å². The summed E-state index contributed by atoms with van der Waals surface area (Å²) < 4.78 is 6.86. The number of rotatable bonds is 4. The van der Waals surface area contributed by atoms with Gasteiger partial charge < -0.3 is 25.6 Å². The number of ether oxygens (including phenoxy) is 1. The van der Waals surface area contributed by atoms with Gasteiger partial charge in [-0.1, -0.05) is 29.4 Å². The lowest BCUT2D eigenvalue weighted by atomic mass is 10.1. The van der Waals surface area contributed by atoms with Crippen LogP contribution in [0, 0.1) is 0 Å². The van der Waals surface area contributed by atoms with Crippen molar-refractivity contribution in [2.75, 3.05) is 18.5 Å². The maximum absolute atomic E-state index is 12.7. The fourth-order valence-electron chi connectivity index (χ4n) is 3.19. The molecule has 1 atom stereocenters. The summed E-state index contributed by atoms with van der Waals surface area (Å²) in [7, 11) is 1.66. The van der Waals surface area contributed by atoms with Crippen molar-refractivity contribution < 1.29 is 9.94 Å². The number of aromatic nitrogens is 3. The molecule has 0 bridgehead atoms. The highest BCUT2D eigenvalue weighted by Crippen LogP contribution is 2.26. The minimum Gasteiger partial charge on any atom is -0.409 e. The van der Waals surface area contributed by atoms with E-state index in [1.54, 1.807) is 25.2 Å². The number of amidine groups is 1. The zero-order chi connectivity index (χ0) is 19.7. The van der Waals surface area contributed by atoms with E-state index in [0.29, 0.717) is 41.2 Å². The molecule has 3 heterocycles. The van der Waals surface area contributed by atoms with Crippen LogP contribution in [-0.2, 0) is 11.8 Å². The molecule has 0 spiro atoms. The smallest absolute Gasteiger partial charge is 0.264 e. The second-order valence-electron chi connectivity index (χ2n) is 6.68. The maximum Gasteiger partial charge on any atom is 0.264 e. The van der Waals surface area contributed by atoms with E-state index >= 15 is 0 Å². The van der Waals surface area contributed by atoms with Gasteiger partial charge in [0.05, 0.1) is 30.2 Å². The number of pyridine rings is 1. The number of oxime groups is 1. The second-order valence-corrected chi connectivity index (χ2v) is 6.68. The number of fused-ring (bicyclic) bond motifs is 1. The standard InChI is InChI=1S/C19H20N6O3/c1-25-10-21-15-8-14(11-2-4-12(5-3-11)17(20)24-27)23-18(16(15)19(25)26)22-13-6-7-28-9-13/h2-5,8,10,13,27H,6-7,9H2,1H3,(H2,20,24)(H,22,23). The third kappa shape index (κ3) is 3.27. The predicted molar refractivity (Wildman–Crippen MR) is 106 cm³/mol. The van der Waals surface area contributed by atoms with Crippen molar-refractivity contribution in [3.63, 3.8) is 0 Å². The van der Waals surface area contributed by atoms with E-state index in [-0.39, 0.29) is 17.4 Å². The van der Waals surface area contributed by atoms with Crippen LogP contribution in [0.5, 0.6) is 0 Å². The van der Waals surface area contributed by atoms with Crippen molar-refractivity contribution in [3.8, 4) is 11.3 Å². The Morgan fingerprint density at radius 1 is 1.39 bits per heavy atom. The fraction of sp³-hybridized carbons (Fsp3) is 0.263. The zero-order valence-electron chi connectivity index (χ0n) is 15.3. The van der Waals surface area contributed by atoms with E-state index in [0.717, 1.165) is 12.0 Å². The lowest BCUT2D eigenvalue weighted by molar-refractivity contribution is 0.195. The van der Waals surface area contributed by atoms with Crippen LogP contribution in [0.15, 0.2) is 46.6 Å². The molecule has 1 unspecified atom stereocenters. The first-order valence-electron chi connectivity index (χ1n) is 8.86. The maximum atomic E-state index is 12.7. The Hall–Kier alpha value is -3.46. The van der Waals surface area contributed by atoms with E-state index < -0.39 is 0 Å². The van der Waals surface area contributed by atoms with Crippen LogP contribution in [-0.4, -0.2) is 44.8 Å². The number of hydrogen-bond donors (Lipinski definition) is 3. The molecule has 1 fully saturated rings. The van der Waals surface area contributed by atoms with Gasteiger partial charge in [-0.05, 0) is 12.5 Å². The summed E-state index contributed by atoms with van der Waals surface area (Å²) in [5.74, 6) is 0.531. The van der Waals surface area contributed by atoms with Crippen molar-refractivity contribution in [3.05, 3.63) is 52.6 Å². The Morgan fingerprint density at radius 2 is 2.18 bits per heavy atom. The van der Waals surface area contributed by atoms with E-state index in [4.69, 9.17) is 20.7 Å². The summed E-state index contributed by atoms with van der Waals surface area (Å²) in [5, 5.41) is 15.6. The number of nitrogens with one attached hydrogen (secondary N) is 1. The lowest BCUT2D eigenvalue weighted by Crippen LogP contribution is -2.24. The van der Waals surface area contributed by atoms with Crippen molar-refractivity contribution in [2.24, 2.45) is 17.9 Å². The Kier molecular flexibility index (Phi) is 4.66. The molecule has 0 aliphatic carbocycles. The summed E-state index contributed by atoms with van der Waals surface area (Å²) in [6.07, 6.45) is 2.35. The number of nitrogens with zero attached hydrogens (tertiary/aromatic N) is 4. The number of anilines is 1. The van der Waals surface area contributed by atoms with Gasteiger partial charge in [-0.3, -0.25) is 4.79 Å². The molecule has 2 aromatic heterocycles. The average Bonchev–Trinajstić information content (AvgIpc) is 3.23. The van der Waals surface area contributed by atoms with Gasteiger partial charge in [-0.15, -0.1) is 0 Å². The van der Waals surface area contributed by atoms with E-state index in [1.165, 1.54) is 10.9 Å². The minimum absolute atomic E-state index is 0.0340. The molecule has 1 aromatic carbocycles. The first-order valence-corrected chi connectivity index (χ1v) is 8.86. The van der Waals surface area contributed by atoms with Crippen molar-refractivity contribution in [1.82, 2.24) is 14.5 Å². The van der Waals surface area contributed by atoms with Gasteiger partial charge in [0.1, 0.15) is 11.2 Å². The van der Waals surface area contributed by atoms with Crippen LogP contribution in [0.25, 0.3) is 22.2 Å². The van der Waals surface area contributed by atoms with Gasteiger partial charge in [-0.25, -0.2) is 9.97 Å². The summed E-state index contributed by atoms with van der Waals surface area (Å²) in [6.45, 7) is 1.25. The highest BCUT2D eigenvalue weighted by molar-refractivity contribution is 5.97. The summed E-state index contributed by atoms with van der Waals surface area (Å²) in [4.78, 5) is 21.8. The molecule has 1 aliphatic heterocycles. The molecule has 1 saturated heterocycles. The van der Waals surface area contributed by atoms with Gasteiger partial charge in [0.2, 0.25) is 0 Å². The minimum atomic E-state index is -0.159. The number of hydrogen-bond acceptors (Lipinski definition) is 7. The molecule has 9 heteroatoms. The Labute approximate surface area is 160 Å². The Bertz CT molecular complexity index is 1100. The van der Waals surface area contributed by atoms with Gasteiger partial charge in [0, 0.05) is 24.8 Å². The molecular formula is C19H20N6O3.